The second-order valence-electron chi connectivity index (χ2n) is 5.34. The van der Waals surface area contributed by atoms with Crippen LogP contribution in [0, 0.1) is 11.8 Å². The number of nitrogens with zero attached hydrogens (tertiary/aromatic N) is 2. The number of hydrogen-bond donors (Lipinski definition) is 1. The van der Waals surface area contributed by atoms with Gasteiger partial charge in [0, 0.05) is 18.4 Å². The largest absolute Gasteiger partial charge is 0.307 e. The first-order valence-corrected chi connectivity index (χ1v) is 6.76. The van der Waals surface area contributed by atoms with Crippen LogP contribution in [0.25, 0.3) is 0 Å². The van der Waals surface area contributed by atoms with E-state index in [0.29, 0.717) is 6.04 Å². The lowest BCUT2D eigenvalue weighted by Gasteiger charge is -2.35. The van der Waals surface area contributed by atoms with Gasteiger partial charge in [0.05, 0.1) is 6.54 Å². The normalized spacial score (nSPS) is 25.1. The van der Waals surface area contributed by atoms with E-state index in [1.54, 1.807) is 0 Å². The summed E-state index contributed by atoms with van der Waals surface area (Å²) in [5.74, 6) is 2.48. The maximum absolute atomic E-state index is 4.26. The molecule has 1 heterocycles. The highest BCUT2D eigenvalue weighted by atomic mass is 15.0. The highest BCUT2D eigenvalue weighted by Gasteiger charge is 2.26. The van der Waals surface area contributed by atoms with Gasteiger partial charge in [-0.15, -0.1) is 0 Å². The van der Waals surface area contributed by atoms with Gasteiger partial charge in [-0.3, -0.25) is 0 Å². The number of hydrogen-bond acceptors (Lipinski definition) is 3. The minimum atomic E-state index is 0.646. The summed E-state index contributed by atoms with van der Waals surface area (Å²) in [6.07, 6.45) is 9.04. The molecule has 1 N–H and O–H groups in total. The van der Waals surface area contributed by atoms with Gasteiger partial charge in [0.25, 0.3) is 0 Å². The van der Waals surface area contributed by atoms with Gasteiger partial charge in [0.15, 0.2) is 0 Å². The van der Waals surface area contributed by atoms with Crippen LogP contribution in [0.15, 0.2) is 18.5 Å². The van der Waals surface area contributed by atoms with Crippen molar-refractivity contribution in [1.29, 1.82) is 0 Å². The second-order valence-corrected chi connectivity index (χ2v) is 5.34. The zero-order chi connectivity index (χ0) is 12.1. The van der Waals surface area contributed by atoms with Crippen molar-refractivity contribution in [2.24, 2.45) is 11.8 Å². The summed E-state index contributed by atoms with van der Waals surface area (Å²) < 4.78 is 0. The molecule has 1 aromatic heterocycles. The zero-order valence-electron chi connectivity index (χ0n) is 10.9. The molecule has 1 fully saturated rings. The van der Waals surface area contributed by atoms with Crippen LogP contribution in [0.1, 0.15) is 45.4 Å². The predicted molar refractivity (Wildman–Crippen MR) is 69.5 cm³/mol. The standard InChI is InChI=1S/C14H23N3/c1-11(2)12-6-3-4-7-13(12)17-10-14-15-8-5-9-16-14/h5,8-9,11-13,17H,3-4,6-7,10H2,1-2H3. The highest BCUT2D eigenvalue weighted by Crippen LogP contribution is 2.30. The molecule has 3 heteroatoms. The first-order chi connectivity index (χ1) is 8.27. The Balaban J connectivity index is 1.88. The van der Waals surface area contributed by atoms with Crippen LogP contribution in [0.4, 0.5) is 0 Å². The summed E-state index contributed by atoms with van der Waals surface area (Å²) >= 11 is 0. The van der Waals surface area contributed by atoms with Gasteiger partial charge < -0.3 is 5.32 Å². The van der Waals surface area contributed by atoms with E-state index in [0.717, 1.165) is 24.2 Å². The molecule has 1 aromatic rings. The van der Waals surface area contributed by atoms with Crippen molar-refractivity contribution in [1.82, 2.24) is 15.3 Å². The number of aromatic nitrogens is 2. The fourth-order valence-electron chi connectivity index (χ4n) is 2.85. The first kappa shape index (κ1) is 12.5. The molecule has 1 aliphatic rings. The fourth-order valence-corrected chi connectivity index (χ4v) is 2.85. The van der Waals surface area contributed by atoms with Gasteiger partial charge in [0.1, 0.15) is 5.82 Å². The minimum Gasteiger partial charge on any atom is -0.307 e. The van der Waals surface area contributed by atoms with E-state index in [4.69, 9.17) is 0 Å². The molecule has 0 bridgehead atoms. The first-order valence-electron chi connectivity index (χ1n) is 6.76. The molecule has 0 aliphatic heterocycles. The Bertz CT molecular complexity index is 323. The van der Waals surface area contributed by atoms with Crippen molar-refractivity contribution in [3.8, 4) is 0 Å². The third-order valence-electron chi connectivity index (χ3n) is 3.82. The molecular weight excluding hydrogens is 210 g/mol. The van der Waals surface area contributed by atoms with Crippen molar-refractivity contribution >= 4 is 0 Å². The van der Waals surface area contributed by atoms with Crippen molar-refractivity contribution in [2.75, 3.05) is 0 Å². The molecular formula is C14H23N3. The van der Waals surface area contributed by atoms with E-state index in [9.17, 15) is 0 Å². The molecule has 2 rings (SSSR count). The second kappa shape index (κ2) is 6.10. The van der Waals surface area contributed by atoms with Crippen LogP contribution in [0.2, 0.25) is 0 Å². The molecule has 2 atom stereocenters. The third kappa shape index (κ3) is 3.50. The summed E-state index contributed by atoms with van der Waals surface area (Å²) in [7, 11) is 0. The third-order valence-corrected chi connectivity index (χ3v) is 3.82. The number of nitrogens with one attached hydrogen (secondary N) is 1. The van der Waals surface area contributed by atoms with E-state index in [1.807, 2.05) is 18.5 Å². The summed E-state index contributed by atoms with van der Waals surface area (Å²) in [6.45, 7) is 5.47. The molecule has 17 heavy (non-hydrogen) atoms. The lowest BCUT2D eigenvalue weighted by molar-refractivity contribution is 0.203. The van der Waals surface area contributed by atoms with Crippen LogP contribution >= 0.6 is 0 Å². The van der Waals surface area contributed by atoms with Crippen molar-refractivity contribution in [2.45, 2.75) is 52.1 Å². The summed E-state index contributed by atoms with van der Waals surface area (Å²) in [4.78, 5) is 8.52. The van der Waals surface area contributed by atoms with Gasteiger partial charge in [-0.1, -0.05) is 26.7 Å². The minimum absolute atomic E-state index is 0.646. The van der Waals surface area contributed by atoms with E-state index < -0.39 is 0 Å². The maximum atomic E-state index is 4.26. The Kier molecular flexibility index (Phi) is 4.49. The Labute approximate surface area is 104 Å². The fraction of sp³-hybridized carbons (Fsp3) is 0.714. The Morgan fingerprint density at radius 1 is 1.24 bits per heavy atom. The van der Waals surface area contributed by atoms with Crippen LogP contribution in [0.3, 0.4) is 0 Å². The lowest BCUT2D eigenvalue weighted by Crippen LogP contribution is -2.40. The van der Waals surface area contributed by atoms with Gasteiger partial charge >= 0.3 is 0 Å². The molecule has 0 amide bonds. The highest BCUT2D eigenvalue weighted by molar-refractivity contribution is 4.90. The Hall–Kier alpha value is -0.960. The quantitative estimate of drug-likeness (QED) is 0.869. The summed E-state index contributed by atoms with van der Waals surface area (Å²) in [5.41, 5.74) is 0. The molecule has 0 aromatic carbocycles. The average Bonchev–Trinajstić information content (AvgIpc) is 2.38. The Morgan fingerprint density at radius 2 is 1.94 bits per heavy atom. The molecule has 0 saturated heterocycles. The van der Waals surface area contributed by atoms with Crippen LogP contribution < -0.4 is 5.32 Å². The van der Waals surface area contributed by atoms with Crippen molar-refractivity contribution in [3.63, 3.8) is 0 Å². The zero-order valence-corrected chi connectivity index (χ0v) is 10.9. The average molecular weight is 233 g/mol. The van der Waals surface area contributed by atoms with Crippen LogP contribution in [-0.4, -0.2) is 16.0 Å². The van der Waals surface area contributed by atoms with E-state index in [2.05, 4.69) is 29.1 Å². The van der Waals surface area contributed by atoms with E-state index in [1.165, 1.54) is 25.7 Å². The smallest absolute Gasteiger partial charge is 0.141 e. The topological polar surface area (TPSA) is 37.8 Å². The number of rotatable bonds is 4. The van der Waals surface area contributed by atoms with Crippen molar-refractivity contribution < 1.29 is 0 Å². The van der Waals surface area contributed by atoms with Gasteiger partial charge in [-0.05, 0) is 30.7 Å². The van der Waals surface area contributed by atoms with E-state index >= 15 is 0 Å². The predicted octanol–water partition coefficient (Wildman–Crippen LogP) is 2.78. The molecule has 2 unspecified atom stereocenters. The van der Waals surface area contributed by atoms with Crippen molar-refractivity contribution in [3.05, 3.63) is 24.3 Å². The van der Waals surface area contributed by atoms with Crippen LogP contribution in [0.5, 0.6) is 0 Å². The monoisotopic (exact) mass is 233 g/mol. The summed E-state index contributed by atoms with van der Waals surface area (Å²) in [5, 5.41) is 3.64. The lowest BCUT2D eigenvalue weighted by atomic mass is 9.78. The SMILES string of the molecule is CC(C)C1CCCCC1NCc1ncccn1. The van der Waals surface area contributed by atoms with Gasteiger partial charge in [-0.2, -0.15) is 0 Å². The molecule has 0 radical (unpaired) electrons. The maximum Gasteiger partial charge on any atom is 0.141 e. The molecule has 1 aliphatic carbocycles. The summed E-state index contributed by atoms with van der Waals surface area (Å²) in [6, 6.07) is 2.51. The molecule has 1 saturated carbocycles. The van der Waals surface area contributed by atoms with Gasteiger partial charge in [0.2, 0.25) is 0 Å². The van der Waals surface area contributed by atoms with Gasteiger partial charge in [-0.25, -0.2) is 9.97 Å². The van der Waals surface area contributed by atoms with Crippen LogP contribution in [-0.2, 0) is 6.54 Å². The molecule has 3 nitrogen and oxygen atoms in total. The molecule has 94 valence electrons. The van der Waals surface area contributed by atoms with E-state index in [-0.39, 0.29) is 0 Å². The molecule has 0 spiro atoms. The Morgan fingerprint density at radius 3 is 2.65 bits per heavy atom.